The maximum Gasteiger partial charge on any atom is 0.0943 e. The summed E-state index contributed by atoms with van der Waals surface area (Å²) in [6, 6.07) is 0.203. The predicted molar refractivity (Wildman–Crippen MR) is 61.2 cm³/mol. The zero-order chi connectivity index (χ0) is 10.4. The van der Waals surface area contributed by atoms with Crippen molar-refractivity contribution in [2.24, 2.45) is 5.73 Å². The van der Waals surface area contributed by atoms with Crippen molar-refractivity contribution < 1.29 is 0 Å². The third kappa shape index (κ3) is 3.91. The van der Waals surface area contributed by atoms with E-state index in [4.69, 9.17) is 12.2 Å². The summed E-state index contributed by atoms with van der Waals surface area (Å²) in [4.78, 5) is 4.38. The first-order chi connectivity index (χ1) is 6.72. The number of hydrogen-bond donors (Lipinski definition) is 1. The summed E-state index contributed by atoms with van der Waals surface area (Å²) in [7, 11) is 0. The lowest BCUT2D eigenvalue weighted by atomic mass is 10.1. The minimum Gasteiger partial charge on any atom is -0.327 e. The summed E-state index contributed by atoms with van der Waals surface area (Å²) in [6.45, 7) is 2.00. The molecule has 1 atom stereocenters. The highest BCUT2D eigenvalue weighted by Gasteiger charge is 2.06. The number of terminal acetylenes is 1. The number of hydrogen-bond acceptors (Lipinski definition) is 3. The molecule has 0 aliphatic heterocycles. The van der Waals surface area contributed by atoms with Crippen molar-refractivity contribution >= 4 is 11.3 Å². The molecule has 1 unspecified atom stereocenters. The Morgan fingerprint density at radius 1 is 1.71 bits per heavy atom. The molecule has 0 saturated heterocycles. The Kier molecular flexibility index (Phi) is 4.64. The van der Waals surface area contributed by atoms with Crippen molar-refractivity contribution in [3.05, 3.63) is 16.1 Å². The van der Waals surface area contributed by atoms with Gasteiger partial charge >= 0.3 is 0 Å². The van der Waals surface area contributed by atoms with Gasteiger partial charge < -0.3 is 5.73 Å². The molecule has 2 nitrogen and oxygen atoms in total. The summed E-state index contributed by atoms with van der Waals surface area (Å²) in [5.74, 6) is 2.62. The highest BCUT2D eigenvalue weighted by molar-refractivity contribution is 7.09. The molecule has 2 N–H and O–H groups in total. The highest BCUT2D eigenvalue weighted by Crippen LogP contribution is 2.12. The van der Waals surface area contributed by atoms with E-state index in [0.29, 0.717) is 0 Å². The normalized spacial score (nSPS) is 12.4. The molecule has 0 aliphatic rings. The molecule has 0 amide bonds. The molecule has 76 valence electrons. The van der Waals surface area contributed by atoms with Crippen LogP contribution < -0.4 is 5.73 Å². The lowest BCUT2D eigenvalue weighted by Crippen LogP contribution is -2.22. The van der Waals surface area contributed by atoms with Crippen LogP contribution in [0.3, 0.4) is 0 Å². The Morgan fingerprint density at radius 2 is 2.50 bits per heavy atom. The molecular weight excluding hydrogens is 192 g/mol. The molecule has 0 fully saturated rings. The van der Waals surface area contributed by atoms with Gasteiger partial charge in [-0.3, -0.25) is 0 Å². The van der Waals surface area contributed by atoms with E-state index in [1.807, 2.05) is 6.92 Å². The Balaban J connectivity index is 2.27. The Bertz CT molecular complexity index is 311. The van der Waals surface area contributed by atoms with E-state index in [-0.39, 0.29) is 6.04 Å². The second kappa shape index (κ2) is 5.79. The molecule has 1 heterocycles. The molecule has 0 spiro atoms. The average Bonchev–Trinajstić information content (AvgIpc) is 2.52. The second-order valence-electron chi connectivity index (χ2n) is 3.44. The number of aryl methyl sites for hydroxylation is 1. The summed E-state index contributed by atoms with van der Waals surface area (Å²) >= 11 is 1.69. The monoisotopic (exact) mass is 208 g/mol. The number of nitrogens with zero attached hydrogens (tertiary/aromatic N) is 1. The van der Waals surface area contributed by atoms with E-state index < -0.39 is 0 Å². The molecule has 1 rings (SSSR count). The van der Waals surface area contributed by atoms with Crippen molar-refractivity contribution in [1.82, 2.24) is 4.98 Å². The van der Waals surface area contributed by atoms with Crippen LogP contribution in [0.2, 0.25) is 0 Å². The van der Waals surface area contributed by atoms with Crippen molar-refractivity contribution in [3.8, 4) is 12.3 Å². The van der Waals surface area contributed by atoms with E-state index >= 15 is 0 Å². The molecule has 0 bridgehead atoms. The number of nitrogens with two attached hydrogens (primary N) is 1. The minimum atomic E-state index is 0.203. The molecule has 0 saturated carbocycles. The van der Waals surface area contributed by atoms with Gasteiger partial charge in [-0.1, -0.05) is 0 Å². The molecule has 0 aromatic carbocycles. The smallest absolute Gasteiger partial charge is 0.0943 e. The van der Waals surface area contributed by atoms with Crippen molar-refractivity contribution in [2.75, 3.05) is 0 Å². The first-order valence-corrected chi connectivity index (χ1v) is 5.70. The van der Waals surface area contributed by atoms with Gasteiger partial charge in [0.1, 0.15) is 0 Å². The number of aromatic nitrogens is 1. The van der Waals surface area contributed by atoms with Gasteiger partial charge in [-0.25, -0.2) is 4.98 Å². The molecule has 1 aromatic rings. The van der Waals surface area contributed by atoms with Crippen LogP contribution in [0.25, 0.3) is 0 Å². The van der Waals surface area contributed by atoms with Gasteiger partial charge in [-0.2, -0.15) is 0 Å². The molecule has 3 heteroatoms. The molecule has 14 heavy (non-hydrogen) atoms. The Hall–Kier alpha value is -0.850. The van der Waals surface area contributed by atoms with E-state index in [1.165, 1.54) is 0 Å². The zero-order valence-corrected chi connectivity index (χ0v) is 9.31. The van der Waals surface area contributed by atoms with E-state index in [9.17, 15) is 0 Å². The second-order valence-corrected chi connectivity index (χ2v) is 4.39. The molecule has 1 aromatic heterocycles. The van der Waals surface area contributed by atoms with Crippen LogP contribution in [0.5, 0.6) is 0 Å². The van der Waals surface area contributed by atoms with Gasteiger partial charge in [0, 0.05) is 30.0 Å². The van der Waals surface area contributed by atoms with E-state index in [2.05, 4.69) is 16.3 Å². The van der Waals surface area contributed by atoms with Crippen LogP contribution in [-0.4, -0.2) is 11.0 Å². The molecule has 0 radical (unpaired) electrons. The lowest BCUT2D eigenvalue weighted by molar-refractivity contribution is 0.585. The number of thiazole rings is 1. The largest absolute Gasteiger partial charge is 0.327 e. The maximum absolute atomic E-state index is 5.95. The van der Waals surface area contributed by atoms with Gasteiger partial charge in [-0.15, -0.1) is 23.7 Å². The zero-order valence-electron chi connectivity index (χ0n) is 8.49. The Morgan fingerprint density at radius 3 is 3.07 bits per heavy atom. The third-order valence-electron chi connectivity index (χ3n) is 2.00. The summed E-state index contributed by atoms with van der Waals surface area (Å²) in [6.07, 6.45) is 8.88. The van der Waals surface area contributed by atoms with Crippen LogP contribution >= 0.6 is 11.3 Å². The van der Waals surface area contributed by atoms with Gasteiger partial charge in [-0.05, 0) is 19.8 Å². The average molecular weight is 208 g/mol. The van der Waals surface area contributed by atoms with Crippen LogP contribution in [0.1, 0.15) is 30.0 Å². The fourth-order valence-electron chi connectivity index (χ4n) is 1.29. The SMILES string of the molecule is C#CCCCC(N)Cc1nc(C)cs1. The quantitative estimate of drug-likeness (QED) is 0.594. The fraction of sp³-hybridized carbons (Fsp3) is 0.545. The Labute approximate surface area is 89.6 Å². The van der Waals surface area contributed by atoms with Crippen molar-refractivity contribution in [2.45, 2.75) is 38.6 Å². The van der Waals surface area contributed by atoms with Crippen molar-refractivity contribution in [3.63, 3.8) is 0 Å². The van der Waals surface area contributed by atoms with Gasteiger partial charge in [0.15, 0.2) is 0 Å². The topological polar surface area (TPSA) is 38.9 Å². The molecule has 0 aliphatic carbocycles. The third-order valence-corrected chi connectivity index (χ3v) is 2.99. The van der Waals surface area contributed by atoms with Gasteiger partial charge in [0.25, 0.3) is 0 Å². The molecular formula is C11H16N2S. The lowest BCUT2D eigenvalue weighted by Gasteiger charge is -2.07. The van der Waals surface area contributed by atoms with E-state index in [0.717, 1.165) is 36.4 Å². The minimum absolute atomic E-state index is 0.203. The van der Waals surface area contributed by atoms with Crippen LogP contribution in [-0.2, 0) is 6.42 Å². The summed E-state index contributed by atoms with van der Waals surface area (Å²) in [5.41, 5.74) is 7.04. The van der Waals surface area contributed by atoms with Crippen molar-refractivity contribution in [1.29, 1.82) is 0 Å². The maximum atomic E-state index is 5.95. The fourth-order valence-corrected chi connectivity index (χ4v) is 2.16. The van der Waals surface area contributed by atoms with Crippen LogP contribution in [0, 0.1) is 19.3 Å². The number of rotatable bonds is 5. The van der Waals surface area contributed by atoms with Gasteiger partial charge in [0.2, 0.25) is 0 Å². The first kappa shape index (κ1) is 11.2. The summed E-state index contributed by atoms with van der Waals surface area (Å²) in [5, 5.41) is 3.19. The summed E-state index contributed by atoms with van der Waals surface area (Å²) < 4.78 is 0. The highest BCUT2D eigenvalue weighted by atomic mass is 32.1. The van der Waals surface area contributed by atoms with E-state index in [1.54, 1.807) is 11.3 Å². The van der Waals surface area contributed by atoms with Crippen LogP contribution in [0.15, 0.2) is 5.38 Å². The van der Waals surface area contributed by atoms with Crippen LogP contribution in [0.4, 0.5) is 0 Å². The predicted octanol–water partition coefficient (Wildman–Crippen LogP) is 2.12. The first-order valence-electron chi connectivity index (χ1n) is 4.82. The van der Waals surface area contributed by atoms with Gasteiger partial charge in [0.05, 0.1) is 5.01 Å². The number of unbranched alkanes of at least 4 members (excludes halogenated alkanes) is 1. The standard InChI is InChI=1S/C11H16N2S/c1-3-4-5-6-10(12)7-11-13-9(2)8-14-11/h1,8,10H,4-7,12H2,2H3.